The Morgan fingerprint density at radius 3 is 2.69 bits per heavy atom. The van der Waals surface area contributed by atoms with Gasteiger partial charge in [0, 0.05) is 23.4 Å². The van der Waals surface area contributed by atoms with Crippen LogP contribution >= 0.6 is 11.8 Å². The Balaban J connectivity index is 1.48. The van der Waals surface area contributed by atoms with Crippen molar-refractivity contribution in [1.29, 1.82) is 0 Å². The number of thioether (sulfide) groups is 1. The Bertz CT molecular complexity index is 1070. The fraction of sp³-hybridized carbons (Fsp3) is 0.211. The maximum atomic E-state index is 13.4. The van der Waals surface area contributed by atoms with Crippen molar-refractivity contribution in [2.75, 3.05) is 11.1 Å². The van der Waals surface area contributed by atoms with Crippen molar-refractivity contribution in [1.82, 2.24) is 14.8 Å². The van der Waals surface area contributed by atoms with E-state index in [1.54, 1.807) is 0 Å². The highest BCUT2D eigenvalue weighted by molar-refractivity contribution is 7.99. The highest BCUT2D eigenvalue weighted by Gasteiger charge is 2.31. The summed E-state index contributed by atoms with van der Waals surface area (Å²) in [6, 6.07) is 12.9. The van der Waals surface area contributed by atoms with Crippen LogP contribution in [0.4, 0.5) is 15.8 Å². The van der Waals surface area contributed by atoms with Gasteiger partial charge in [-0.05, 0) is 37.1 Å². The average Bonchev–Trinajstić information content (AvgIpc) is 3.47. The van der Waals surface area contributed by atoms with E-state index in [0.29, 0.717) is 11.1 Å². The first-order valence-corrected chi connectivity index (χ1v) is 9.89. The van der Waals surface area contributed by atoms with Gasteiger partial charge in [0.1, 0.15) is 5.82 Å². The number of hydrogen-bond donors (Lipinski definition) is 1. The number of amides is 1. The van der Waals surface area contributed by atoms with Gasteiger partial charge in [0.2, 0.25) is 11.7 Å². The molecule has 1 aliphatic rings. The predicted molar refractivity (Wildman–Crippen MR) is 106 cm³/mol. The SMILES string of the molecule is O=C(CSc1nnc(C2CC2)n1-c1ccccc1)Nc1ccc(F)c([N+](=O)[O-])c1. The highest BCUT2D eigenvalue weighted by Crippen LogP contribution is 2.41. The highest BCUT2D eigenvalue weighted by atomic mass is 32.2. The first kappa shape index (κ1) is 19.1. The predicted octanol–water partition coefficient (Wildman–Crippen LogP) is 3.92. The molecule has 1 saturated carbocycles. The van der Waals surface area contributed by atoms with Gasteiger partial charge in [-0.1, -0.05) is 30.0 Å². The minimum atomic E-state index is -0.953. The number of nitro groups is 1. The fourth-order valence-electron chi connectivity index (χ4n) is 2.86. The molecule has 1 heterocycles. The number of para-hydroxylation sites is 1. The van der Waals surface area contributed by atoms with Crippen LogP contribution in [0.15, 0.2) is 53.7 Å². The molecule has 1 amide bonds. The van der Waals surface area contributed by atoms with Crippen LogP contribution in [0.1, 0.15) is 24.6 Å². The molecule has 29 heavy (non-hydrogen) atoms. The lowest BCUT2D eigenvalue weighted by Gasteiger charge is -2.10. The lowest BCUT2D eigenvalue weighted by Crippen LogP contribution is -2.15. The molecular weight excluding hydrogens is 397 g/mol. The molecule has 0 atom stereocenters. The molecule has 4 rings (SSSR count). The van der Waals surface area contributed by atoms with Gasteiger partial charge in [-0.25, -0.2) is 0 Å². The molecule has 3 aromatic rings. The standard InChI is InChI=1S/C19H16FN5O3S/c20-15-9-8-13(10-16(15)25(27)28)21-17(26)11-29-19-23-22-18(12-6-7-12)24(19)14-4-2-1-3-5-14/h1-5,8-10,12H,6-7,11H2,(H,21,26). The van der Waals surface area contributed by atoms with Crippen molar-refractivity contribution in [3.8, 4) is 5.69 Å². The topological polar surface area (TPSA) is 103 Å². The van der Waals surface area contributed by atoms with E-state index in [1.165, 1.54) is 17.8 Å². The summed E-state index contributed by atoms with van der Waals surface area (Å²) >= 11 is 1.22. The van der Waals surface area contributed by atoms with Crippen LogP contribution < -0.4 is 5.32 Å². The zero-order valence-electron chi connectivity index (χ0n) is 15.1. The Morgan fingerprint density at radius 2 is 2.00 bits per heavy atom. The molecule has 8 nitrogen and oxygen atoms in total. The molecule has 0 aliphatic heterocycles. The maximum Gasteiger partial charge on any atom is 0.306 e. The lowest BCUT2D eigenvalue weighted by molar-refractivity contribution is -0.387. The van der Waals surface area contributed by atoms with Crippen molar-refractivity contribution in [3.05, 3.63) is 70.3 Å². The summed E-state index contributed by atoms with van der Waals surface area (Å²) in [5.74, 6) is -0.0442. The van der Waals surface area contributed by atoms with Crippen LogP contribution in [-0.2, 0) is 4.79 Å². The van der Waals surface area contributed by atoms with E-state index in [9.17, 15) is 19.3 Å². The van der Waals surface area contributed by atoms with Gasteiger partial charge in [0.15, 0.2) is 5.16 Å². The fourth-order valence-corrected chi connectivity index (χ4v) is 3.62. The smallest absolute Gasteiger partial charge is 0.306 e. The van der Waals surface area contributed by atoms with Crippen LogP contribution in [0.3, 0.4) is 0 Å². The minimum absolute atomic E-state index is 0.0286. The number of hydrogen-bond acceptors (Lipinski definition) is 6. The van der Waals surface area contributed by atoms with Crippen LogP contribution in [0, 0.1) is 15.9 Å². The third-order valence-electron chi connectivity index (χ3n) is 4.37. The van der Waals surface area contributed by atoms with E-state index in [-0.39, 0.29) is 17.3 Å². The van der Waals surface area contributed by atoms with Gasteiger partial charge in [-0.15, -0.1) is 10.2 Å². The van der Waals surface area contributed by atoms with Crippen molar-refractivity contribution >= 4 is 29.0 Å². The Morgan fingerprint density at radius 1 is 1.24 bits per heavy atom. The zero-order valence-corrected chi connectivity index (χ0v) is 15.9. The van der Waals surface area contributed by atoms with Crippen LogP contribution in [0.2, 0.25) is 0 Å². The second-order valence-corrected chi connectivity index (χ2v) is 7.49. The quantitative estimate of drug-likeness (QED) is 0.358. The molecule has 0 saturated heterocycles. The van der Waals surface area contributed by atoms with E-state index in [0.717, 1.165) is 36.5 Å². The first-order valence-electron chi connectivity index (χ1n) is 8.90. The number of carbonyl (C=O) groups excluding carboxylic acids is 1. The van der Waals surface area contributed by atoms with Crippen molar-refractivity contribution in [2.45, 2.75) is 23.9 Å². The number of nitrogens with zero attached hydrogens (tertiary/aromatic N) is 4. The van der Waals surface area contributed by atoms with Crippen LogP contribution in [0.25, 0.3) is 5.69 Å². The van der Waals surface area contributed by atoms with Gasteiger partial charge in [0.05, 0.1) is 10.7 Å². The lowest BCUT2D eigenvalue weighted by atomic mass is 10.2. The van der Waals surface area contributed by atoms with E-state index >= 15 is 0 Å². The van der Waals surface area contributed by atoms with Crippen LogP contribution in [0.5, 0.6) is 0 Å². The molecule has 0 radical (unpaired) electrons. The zero-order chi connectivity index (χ0) is 20.4. The molecule has 0 bridgehead atoms. The average molecular weight is 413 g/mol. The summed E-state index contributed by atoms with van der Waals surface area (Å²) in [6.45, 7) is 0. The van der Waals surface area contributed by atoms with E-state index < -0.39 is 16.4 Å². The van der Waals surface area contributed by atoms with Gasteiger partial charge in [-0.2, -0.15) is 4.39 Å². The molecule has 1 aromatic heterocycles. The monoisotopic (exact) mass is 413 g/mol. The van der Waals surface area contributed by atoms with Crippen LogP contribution in [-0.4, -0.2) is 31.3 Å². The maximum absolute atomic E-state index is 13.4. The van der Waals surface area contributed by atoms with Gasteiger partial charge in [0.25, 0.3) is 0 Å². The molecule has 1 fully saturated rings. The summed E-state index contributed by atoms with van der Waals surface area (Å²) in [4.78, 5) is 22.3. The number of aromatic nitrogens is 3. The molecule has 0 spiro atoms. The number of anilines is 1. The summed E-state index contributed by atoms with van der Waals surface area (Å²) in [7, 11) is 0. The number of benzene rings is 2. The summed E-state index contributed by atoms with van der Waals surface area (Å²) in [5, 5.41) is 22.5. The number of nitrogens with one attached hydrogen (secondary N) is 1. The normalized spacial score (nSPS) is 13.3. The summed E-state index contributed by atoms with van der Waals surface area (Å²) in [6.07, 6.45) is 2.14. The summed E-state index contributed by atoms with van der Waals surface area (Å²) in [5.41, 5.74) is 0.400. The van der Waals surface area contributed by atoms with E-state index in [2.05, 4.69) is 15.5 Å². The molecule has 1 N–H and O–H groups in total. The van der Waals surface area contributed by atoms with E-state index in [4.69, 9.17) is 0 Å². The van der Waals surface area contributed by atoms with Crippen molar-refractivity contribution in [3.63, 3.8) is 0 Å². The second kappa shape index (κ2) is 8.00. The second-order valence-electron chi connectivity index (χ2n) is 6.55. The number of halogens is 1. The largest absolute Gasteiger partial charge is 0.325 e. The number of rotatable bonds is 7. The summed E-state index contributed by atoms with van der Waals surface area (Å²) < 4.78 is 15.4. The number of carbonyl (C=O) groups is 1. The number of nitro benzene ring substituents is 1. The molecule has 2 aromatic carbocycles. The minimum Gasteiger partial charge on any atom is -0.325 e. The molecule has 1 aliphatic carbocycles. The third kappa shape index (κ3) is 4.27. The third-order valence-corrected chi connectivity index (χ3v) is 5.30. The van der Waals surface area contributed by atoms with Gasteiger partial charge < -0.3 is 5.32 Å². The van der Waals surface area contributed by atoms with Crippen molar-refractivity contribution < 1.29 is 14.1 Å². The van der Waals surface area contributed by atoms with E-state index in [1.807, 2.05) is 34.9 Å². The molecule has 10 heteroatoms. The Hall–Kier alpha value is -3.27. The van der Waals surface area contributed by atoms with Gasteiger partial charge >= 0.3 is 5.69 Å². The van der Waals surface area contributed by atoms with Crippen molar-refractivity contribution in [2.24, 2.45) is 0 Å². The molecule has 148 valence electrons. The Labute approximate surface area is 169 Å². The Kier molecular flexibility index (Phi) is 5.26. The van der Waals surface area contributed by atoms with Gasteiger partial charge in [-0.3, -0.25) is 19.5 Å². The first-order chi connectivity index (χ1) is 14.0. The molecular formula is C19H16FN5O3S. The molecule has 0 unspecified atom stereocenters.